The molecule has 4 rings (SSSR count). The Kier molecular flexibility index (Phi) is 3.69. The van der Waals surface area contributed by atoms with Crippen LogP contribution in [0.2, 0.25) is 0 Å². The molecule has 2 aromatic carbocycles. The normalized spacial score (nSPS) is 13.8. The van der Waals surface area contributed by atoms with Crippen molar-refractivity contribution in [2.45, 2.75) is 13.0 Å². The number of nitrogens with zero attached hydrogens (tertiary/aromatic N) is 1. The summed E-state index contributed by atoms with van der Waals surface area (Å²) in [6, 6.07) is 14.0. The van der Waals surface area contributed by atoms with E-state index in [1.165, 1.54) is 23.4 Å². The van der Waals surface area contributed by atoms with E-state index < -0.39 is 0 Å². The summed E-state index contributed by atoms with van der Waals surface area (Å²) in [4.78, 5) is 17.6. The number of benzene rings is 2. The molecule has 0 fully saturated rings. The van der Waals surface area contributed by atoms with Gasteiger partial charge >= 0.3 is 0 Å². The van der Waals surface area contributed by atoms with Crippen LogP contribution in [0.4, 0.5) is 4.39 Å². The Balaban J connectivity index is 1.47. The minimum absolute atomic E-state index is 0.0822. The standard InChI is InChI=1S/C19H17FN2O2/c20-13-4-3-5-14(10-13)24-12-19(23)22-9-8-18-16(11-22)15-6-1-2-7-17(15)21-18/h1-7,10,21H,8-9,11-12H2. The van der Waals surface area contributed by atoms with Gasteiger partial charge in [0.2, 0.25) is 0 Å². The summed E-state index contributed by atoms with van der Waals surface area (Å²) in [6.45, 7) is 1.15. The first kappa shape index (κ1) is 14.8. The van der Waals surface area contributed by atoms with Gasteiger partial charge in [-0.15, -0.1) is 0 Å². The maximum absolute atomic E-state index is 13.1. The molecule has 0 atom stereocenters. The van der Waals surface area contributed by atoms with Gasteiger partial charge in [0.15, 0.2) is 6.61 Å². The lowest BCUT2D eigenvalue weighted by Gasteiger charge is -2.27. The van der Waals surface area contributed by atoms with Crippen molar-refractivity contribution in [1.82, 2.24) is 9.88 Å². The first-order chi connectivity index (χ1) is 11.7. The van der Waals surface area contributed by atoms with Gasteiger partial charge in [-0.05, 0) is 18.2 Å². The molecule has 5 heteroatoms. The molecule has 1 amide bonds. The number of nitrogens with one attached hydrogen (secondary N) is 1. The predicted octanol–water partition coefficient (Wildman–Crippen LogP) is 3.27. The molecule has 24 heavy (non-hydrogen) atoms. The maximum atomic E-state index is 13.1. The molecule has 1 aliphatic heterocycles. The maximum Gasteiger partial charge on any atom is 0.260 e. The third-order valence-electron chi connectivity index (χ3n) is 4.39. The Morgan fingerprint density at radius 3 is 2.96 bits per heavy atom. The van der Waals surface area contributed by atoms with E-state index >= 15 is 0 Å². The number of aromatic amines is 1. The minimum atomic E-state index is -0.374. The monoisotopic (exact) mass is 324 g/mol. The number of hydrogen-bond donors (Lipinski definition) is 1. The number of halogens is 1. The summed E-state index contributed by atoms with van der Waals surface area (Å²) in [6.07, 6.45) is 0.801. The van der Waals surface area contributed by atoms with Crippen LogP contribution in [0.3, 0.4) is 0 Å². The molecular formula is C19H17FN2O2. The van der Waals surface area contributed by atoms with Crippen molar-refractivity contribution in [3.05, 3.63) is 65.6 Å². The van der Waals surface area contributed by atoms with Crippen LogP contribution in [0.1, 0.15) is 11.3 Å². The van der Waals surface area contributed by atoms with Gasteiger partial charge in [0.1, 0.15) is 11.6 Å². The van der Waals surface area contributed by atoms with Gasteiger partial charge < -0.3 is 14.6 Å². The first-order valence-corrected chi connectivity index (χ1v) is 7.95. The lowest BCUT2D eigenvalue weighted by atomic mass is 10.0. The Morgan fingerprint density at radius 2 is 2.08 bits per heavy atom. The summed E-state index contributed by atoms with van der Waals surface area (Å²) in [5, 5.41) is 1.16. The van der Waals surface area contributed by atoms with Gasteiger partial charge in [-0.3, -0.25) is 4.79 Å². The number of para-hydroxylation sites is 1. The zero-order chi connectivity index (χ0) is 16.5. The molecule has 0 radical (unpaired) electrons. The van der Waals surface area contributed by atoms with E-state index in [0.29, 0.717) is 18.8 Å². The summed E-state index contributed by atoms with van der Waals surface area (Å²) in [7, 11) is 0. The lowest BCUT2D eigenvalue weighted by molar-refractivity contribution is -0.134. The number of amides is 1. The Morgan fingerprint density at radius 1 is 1.21 bits per heavy atom. The number of carbonyl (C=O) groups excluding carboxylic acids is 1. The van der Waals surface area contributed by atoms with Crippen molar-refractivity contribution in [3.63, 3.8) is 0 Å². The zero-order valence-electron chi connectivity index (χ0n) is 13.1. The van der Waals surface area contributed by atoms with Crippen molar-refractivity contribution >= 4 is 16.8 Å². The molecule has 0 bridgehead atoms. The average Bonchev–Trinajstić information content (AvgIpc) is 2.97. The summed E-state index contributed by atoms with van der Waals surface area (Å²) >= 11 is 0. The van der Waals surface area contributed by atoms with Crippen LogP contribution in [0.15, 0.2) is 48.5 Å². The zero-order valence-corrected chi connectivity index (χ0v) is 13.1. The van der Waals surface area contributed by atoms with E-state index in [2.05, 4.69) is 11.1 Å². The van der Waals surface area contributed by atoms with Crippen molar-refractivity contribution in [2.75, 3.05) is 13.2 Å². The Bertz CT molecular complexity index is 903. The fourth-order valence-electron chi connectivity index (χ4n) is 3.17. The summed E-state index contributed by atoms with van der Waals surface area (Å²) < 4.78 is 18.6. The van der Waals surface area contributed by atoms with Crippen molar-refractivity contribution in [3.8, 4) is 5.75 Å². The van der Waals surface area contributed by atoms with Gasteiger partial charge in [0.25, 0.3) is 5.91 Å². The third-order valence-corrected chi connectivity index (χ3v) is 4.39. The van der Waals surface area contributed by atoms with E-state index in [-0.39, 0.29) is 18.3 Å². The molecule has 1 aromatic heterocycles. The van der Waals surface area contributed by atoms with E-state index in [1.54, 1.807) is 17.0 Å². The molecule has 0 unspecified atom stereocenters. The van der Waals surface area contributed by atoms with E-state index in [9.17, 15) is 9.18 Å². The van der Waals surface area contributed by atoms with Crippen molar-refractivity contribution in [2.24, 2.45) is 0 Å². The second kappa shape index (κ2) is 6.00. The first-order valence-electron chi connectivity index (χ1n) is 7.95. The molecule has 3 aromatic rings. The smallest absolute Gasteiger partial charge is 0.260 e. The number of rotatable bonds is 3. The fraction of sp³-hybridized carbons (Fsp3) is 0.211. The second-order valence-electron chi connectivity index (χ2n) is 5.94. The summed E-state index contributed by atoms with van der Waals surface area (Å²) in [5.41, 5.74) is 3.48. The van der Waals surface area contributed by atoms with Crippen LogP contribution in [-0.2, 0) is 17.8 Å². The van der Waals surface area contributed by atoms with Crippen molar-refractivity contribution in [1.29, 1.82) is 0 Å². The van der Waals surface area contributed by atoms with Crippen LogP contribution < -0.4 is 4.74 Å². The highest BCUT2D eigenvalue weighted by Crippen LogP contribution is 2.27. The van der Waals surface area contributed by atoms with Gasteiger partial charge in [0, 0.05) is 47.7 Å². The molecule has 1 aliphatic rings. The van der Waals surface area contributed by atoms with E-state index in [0.717, 1.165) is 17.3 Å². The summed E-state index contributed by atoms with van der Waals surface area (Å²) in [5.74, 6) is -0.0929. The van der Waals surface area contributed by atoms with Gasteiger partial charge in [-0.2, -0.15) is 0 Å². The molecule has 4 nitrogen and oxygen atoms in total. The number of carbonyl (C=O) groups is 1. The van der Waals surface area contributed by atoms with Gasteiger partial charge in [0.05, 0.1) is 0 Å². The molecule has 0 aliphatic carbocycles. The van der Waals surface area contributed by atoms with Gasteiger partial charge in [-0.1, -0.05) is 24.3 Å². The highest BCUT2D eigenvalue weighted by Gasteiger charge is 2.24. The molecule has 122 valence electrons. The van der Waals surface area contributed by atoms with Crippen LogP contribution in [0.25, 0.3) is 10.9 Å². The van der Waals surface area contributed by atoms with Gasteiger partial charge in [-0.25, -0.2) is 4.39 Å². The fourth-order valence-corrected chi connectivity index (χ4v) is 3.17. The molecule has 0 saturated heterocycles. The van der Waals surface area contributed by atoms with E-state index in [1.807, 2.05) is 18.2 Å². The third kappa shape index (κ3) is 2.73. The average molecular weight is 324 g/mol. The number of ether oxygens (including phenoxy) is 1. The highest BCUT2D eigenvalue weighted by atomic mass is 19.1. The Hall–Kier alpha value is -2.82. The predicted molar refractivity (Wildman–Crippen MR) is 89.3 cm³/mol. The van der Waals surface area contributed by atoms with Crippen LogP contribution in [0, 0.1) is 5.82 Å². The largest absolute Gasteiger partial charge is 0.484 e. The van der Waals surface area contributed by atoms with Crippen LogP contribution >= 0.6 is 0 Å². The second-order valence-corrected chi connectivity index (χ2v) is 5.94. The van der Waals surface area contributed by atoms with Crippen molar-refractivity contribution < 1.29 is 13.9 Å². The Labute approximate surface area is 138 Å². The van der Waals surface area contributed by atoms with Crippen LogP contribution in [0.5, 0.6) is 5.75 Å². The molecule has 2 heterocycles. The number of hydrogen-bond acceptors (Lipinski definition) is 2. The molecule has 0 spiro atoms. The van der Waals surface area contributed by atoms with E-state index in [4.69, 9.17) is 4.74 Å². The molecule has 1 N–H and O–H groups in total. The number of H-pyrrole nitrogens is 1. The van der Waals surface area contributed by atoms with Crippen LogP contribution in [-0.4, -0.2) is 28.9 Å². The highest BCUT2D eigenvalue weighted by molar-refractivity contribution is 5.86. The quantitative estimate of drug-likeness (QED) is 0.804. The lowest BCUT2D eigenvalue weighted by Crippen LogP contribution is -2.38. The topological polar surface area (TPSA) is 45.3 Å². The number of fused-ring (bicyclic) bond motifs is 3. The minimum Gasteiger partial charge on any atom is -0.484 e. The molecule has 0 saturated carbocycles. The number of aromatic nitrogens is 1. The molecular weight excluding hydrogens is 307 g/mol. The SMILES string of the molecule is O=C(COc1cccc(F)c1)N1CCc2[nH]c3ccccc3c2C1.